The lowest BCUT2D eigenvalue weighted by Gasteiger charge is -2.35. The Morgan fingerprint density at radius 1 is 0.302 bits per heavy atom. The second-order valence-corrected chi connectivity index (χ2v) is 16.4. The van der Waals surface area contributed by atoms with Gasteiger partial charge in [0, 0.05) is 33.4 Å². The first-order valence-electron chi connectivity index (χ1n) is 21.7. The third-order valence-electron chi connectivity index (χ3n) is 13.0. The molecule has 0 atom stereocenters. The van der Waals surface area contributed by atoms with Gasteiger partial charge in [0.25, 0.3) is 0 Å². The molecule has 2 nitrogen and oxygen atoms in total. The number of furan rings is 1. The summed E-state index contributed by atoms with van der Waals surface area (Å²) in [5.41, 5.74) is 19.0. The summed E-state index contributed by atoms with van der Waals surface area (Å²) in [6.45, 7) is 0. The highest BCUT2D eigenvalue weighted by Gasteiger charge is 2.46. The van der Waals surface area contributed by atoms with Crippen LogP contribution in [-0.4, -0.2) is 0 Å². The number of anilines is 3. The fourth-order valence-corrected chi connectivity index (χ4v) is 10.1. The lowest BCUT2D eigenvalue weighted by Crippen LogP contribution is -2.28. The molecule has 0 radical (unpaired) electrons. The average Bonchev–Trinajstić information content (AvgIpc) is 3.89. The van der Waals surface area contributed by atoms with Gasteiger partial charge >= 0.3 is 0 Å². The molecule has 0 spiro atoms. The molecule has 0 N–H and O–H groups in total. The summed E-state index contributed by atoms with van der Waals surface area (Å²) in [6.07, 6.45) is 0. The van der Waals surface area contributed by atoms with Crippen LogP contribution in [-0.2, 0) is 5.41 Å². The first kappa shape index (κ1) is 36.6. The Bertz CT molecular complexity index is 3390. The van der Waals surface area contributed by atoms with Crippen molar-refractivity contribution in [2.24, 2.45) is 0 Å². The number of rotatable bonds is 8. The third-order valence-corrected chi connectivity index (χ3v) is 13.0. The van der Waals surface area contributed by atoms with Gasteiger partial charge in [-0.15, -0.1) is 0 Å². The predicted octanol–water partition coefficient (Wildman–Crippen LogP) is 16.4. The molecule has 12 rings (SSSR count). The average molecular weight is 804 g/mol. The minimum atomic E-state index is -0.510. The number of para-hydroxylation sites is 1. The van der Waals surface area contributed by atoms with E-state index in [4.69, 9.17) is 4.42 Å². The van der Waals surface area contributed by atoms with Crippen molar-refractivity contribution in [1.29, 1.82) is 0 Å². The molecule has 0 aliphatic heterocycles. The van der Waals surface area contributed by atoms with E-state index in [1.807, 2.05) is 6.07 Å². The standard InChI is InChI=1S/C61H41NO/c1-5-17-42(18-6-1)45-21-15-26-50(39-45)62(49-34-31-43(32-35-49)46-33-38-59-56(40-46)55-29-16-28-52(60(55)63-59)44-19-7-2-8-20-44)51-36-37-54-53-27-13-14-30-57(53)61(58(54)41-51,47-22-9-3-10-23-47)48-24-11-4-12-25-48/h1-41H. The fraction of sp³-hybridized carbons (Fsp3) is 0.0164. The summed E-state index contributed by atoms with van der Waals surface area (Å²) >= 11 is 0. The Balaban J connectivity index is 1.01. The zero-order valence-corrected chi connectivity index (χ0v) is 34.5. The van der Waals surface area contributed by atoms with Crippen LogP contribution in [0.4, 0.5) is 17.1 Å². The maximum atomic E-state index is 6.54. The first-order chi connectivity index (χ1) is 31.2. The van der Waals surface area contributed by atoms with Crippen molar-refractivity contribution in [3.63, 3.8) is 0 Å². The van der Waals surface area contributed by atoms with Crippen molar-refractivity contribution in [1.82, 2.24) is 0 Å². The van der Waals surface area contributed by atoms with Gasteiger partial charge < -0.3 is 9.32 Å². The van der Waals surface area contributed by atoms with Crippen molar-refractivity contribution in [3.8, 4) is 44.5 Å². The molecular formula is C61H41NO. The van der Waals surface area contributed by atoms with Crippen LogP contribution in [0.2, 0.25) is 0 Å². The second kappa shape index (κ2) is 15.1. The van der Waals surface area contributed by atoms with Gasteiger partial charge in [-0.3, -0.25) is 0 Å². The molecular weight excluding hydrogens is 763 g/mol. The van der Waals surface area contributed by atoms with E-state index in [2.05, 4.69) is 248 Å². The number of nitrogens with zero attached hydrogens (tertiary/aromatic N) is 1. The lowest BCUT2D eigenvalue weighted by molar-refractivity contribution is 0.670. The molecule has 0 saturated carbocycles. The Morgan fingerprint density at radius 2 is 0.825 bits per heavy atom. The monoisotopic (exact) mass is 803 g/mol. The maximum Gasteiger partial charge on any atom is 0.143 e. The summed E-state index contributed by atoms with van der Waals surface area (Å²) in [5.74, 6) is 0. The highest BCUT2D eigenvalue weighted by molar-refractivity contribution is 6.10. The fourth-order valence-electron chi connectivity index (χ4n) is 10.1. The van der Waals surface area contributed by atoms with Crippen molar-refractivity contribution in [3.05, 3.63) is 271 Å². The summed E-state index contributed by atoms with van der Waals surface area (Å²) < 4.78 is 6.54. The molecule has 0 unspecified atom stereocenters. The smallest absolute Gasteiger partial charge is 0.143 e. The molecule has 0 saturated heterocycles. The Hall–Kier alpha value is -8.20. The lowest BCUT2D eigenvalue weighted by atomic mass is 9.67. The van der Waals surface area contributed by atoms with Crippen LogP contribution in [0.3, 0.4) is 0 Å². The zero-order chi connectivity index (χ0) is 41.7. The molecule has 296 valence electrons. The maximum absolute atomic E-state index is 6.54. The largest absolute Gasteiger partial charge is 0.455 e. The third kappa shape index (κ3) is 6.02. The van der Waals surface area contributed by atoms with Crippen LogP contribution >= 0.6 is 0 Å². The van der Waals surface area contributed by atoms with Crippen molar-refractivity contribution in [2.75, 3.05) is 4.90 Å². The SMILES string of the molecule is c1ccc(-c2cccc(N(c3ccc(-c4ccc5oc6c(-c7ccccc7)cccc6c5c4)cc3)c3ccc4c(c3)C(c3ccccc3)(c3ccccc3)c3ccccc3-4)c2)cc1. The van der Waals surface area contributed by atoms with Crippen LogP contribution < -0.4 is 4.90 Å². The van der Waals surface area contributed by atoms with E-state index in [9.17, 15) is 0 Å². The van der Waals surface area contributed by atoms with E-state index in [1.165, 1.54) is 44.5 Å². The van der Waals surface area contributed by atoms with Crippen LogP contribution in [0.5, 0.6) is 0 Å². The highest BCUT2D eigenvalue weighted by Crippen LogP contribution is 2.57. The van der Waals surface area contributed by atoms with E-state index in [0.717, 1.165) is 61.3 Å². The summed E-state index contributed by atoms with van der Waals surface area (Å²) in [6, 6.07) is 90.2. The van der Waals surface area contributed by atoms with Gasteiger partial charge in [0.2, 0.25) is 0 Å². The molecule has 1 aromatic heterocycles. The van der Waals surface area contributed by atoms with Gasteiger partial charge in [0.1, 0.15) is 11.2 Å². The molecule has 0 bridgehead atoms. The van der Waals surface area contributed by atoms with Gasteiger partial charge in [-0.2, -0.15) is 0 Å². The van der Waals surface area contributed by atoms with E-state index in [-0.39, 0.29) is 0 Å². The van der Waals surface area contributed by atoms with Crippen LogP contribution in [0.25, 0.3) is 66.4 Å². The topological polar surface area (TPSA) is 16.4 Å². The van der Waals surface area contributed by atoms with Crippen LogP contribution in [0.1, 0.15) is 22.3 Å². The molecule has 1 aliphatic rings. The van der Waals surface area contributed by atoms with E-state index < -0.39 is 5.41 Å². The summed E-state index contributed by atoms with van der Waals surface area (Å²) in [5, 5.41) is 2.23. The second-order valence-electron chi connectivity index (χ2n) is 16.4. The molecule has 2 heteroatoms. The van der Waals surface area contributed by atoms with E-state index in [1.54, 1.807) is 0 Å². The Morgan fingerprint density at radius 3 is 1.56 bits per heavy atom. The Labute approximate surface area is 367 Å². The van der Waals surface area contributed by atoms with Gasteiger partial charge in [0.15, 0.2) is 0 Å². The van der Waals surface area contributed by atoms with Crippen LogP contribution in [0, 0.1) is 0 Å². The molecule has 0 fully saturated rings. The van der Waals surface area contributed by atoms with Crippen LogP contribution in [0.15, 0.2) is 253 Å². The van der Waals surface area contributed by atoms with Gasteiger partial charge in [0.05, 0.1) is 5.41 Å². The van der Waals surface area contributed by atoms with Crippen molar-refractivity contribution < 1.29 is 4.42 Å². The summed E-state index contributed by atoms with van der Waals surface area (Å²) in [7, 11) is 0. The minimum Gasteiger partial charge on any atom is -0.455 e. The minimum absolute atomic E-state index is 0.510. The zero-order valence-electron chi connectivity index (χ0n) is 34.5. The molecule has 10 aromatic carbocycles. The number of benzene rings is 10. The number of fused-ring (bicyclic) bond motifs is 6. The molecule has 0 amide bonds. The quantitative estimate of drug-likeness (QED) is 0.152. The van der Waals surface area contributed by atoms with E-state index in [0.29, 0.717) is 0 Å². The molecule has 11 aromatic rings. The normalized spacial score (nSPS) is 12.6. The number of hydrogen-bond donors (Lipinski definition) is 0. The Kier molecular flexibility index (Phi) is 8.76. The predicted molar refractivity (Wildman–Crippen MR) is 262 cm³/mol. The van der Waals surface area contributed by atoms with Gasteiger partial charge in [-0.1, -0.05) is 200 Å². The molecule has 1 heterocycles. The first-order valence-corrected chi connectivity index (χ1v) is 21.7. The van der Waals surface area contributed by atoms with Gasteiger partial charge in [-0.25, -0.2) is 0 Å². The van der Waals surface area contributed by atoms with Crippen molar-refractivity contribution in [2.45, 2.75) is 5.41 Å². The van der Waals surface area contributed by atoms with E-state index >= 15 is 0 Å². The molecule has 1 aliphatic carbocycles. The molecule has 63 heavy (non-hydrogen) atoms. The number of hydrogen-bond acceptors (Lipinski definition) is 2. The summed E-state index contributed by atoms with van der Waals surface area (Å²) in [4.78, 5) is 2.41. The van der Waals surface area contributed by atoms with Crippen molar-refractivity contribution >= 4 is 39.0 Å². The van der Waals surface area contributed by atoms with Gasteiger partial charge in [-0.05, 0) is 110 Å². The highest BCUT2D eigenvalue weighted by atomic mass is 16.3.